The predicted octanol–water partition coefficient (Wildman–Crippen LogP) is 0.859. The normalized spacial score (nSPS) is 24.4. The zero-order valence-electron chi connectivity index (χ0n) is 8.41. The lowest BCUT2D eigenvalue weighted by Gasteiger charge is -2.10. The summed E-state index contributed by atoms with van der Waals surface area (Å²) in [7, 11) is 0. The first-order valence-electron chi connectivity index (χ1n) is 4.95. The minimum absolute atomic E-state index is 0.167. The third kappa shape index (κ3) is 2.52. The lowest BCUT2D eigenvalue weighted by Crippen LogP contribution is -2.35. The Morgan fingerprint density at radius 3 is 2.94 bits per heavy atom. The van der Waals surface area contributed by atoms with Crippen LogP contribution >= 0.6 is 0 Å². The highest BCUT2D eigenvalue weighted by Gasteiger charge is 2.29. The second kappa shape index (κ2) is 4.52. The van der Waals surface area contributed by atoms with Gasteiger partial charge in [0.05, 0.1) is 17.9 Å². The van der Waals surface area contributed by atoms with Crippen molar-refractivity contribution in [3.05, 3.63) is 24.3 Å². The monoisotopic (exact) mass is 227 g/mol. The third-order valence-corrected chi connectivity index (χ3v) is 2.39. The number of hydrogen-bond donors (Lipinski definition) is 2. The number of amides is 1. The van der Waals surface area contributed by atoms with E-state index in [2.05, 4.69) is 15.6 Å². The fourth-order valence-corrected chi connectivity index (χ4v) is 1.57. The summed E-state index contributed by atoms with van der Waals surface area (Å²) in [5.74, 6) is -0.936. The lowest BCUT2D eigenvalue weighted by molar-refractivity contribution is -0.117. The number of rotatable bonds is 2. The van der Waals surface area contributed by atoms with Crippen LogP contribution in [0.5, 0.6) is 0 Å². The quantitative estimate of drug-likeness (QED) is 0.737. The van der Waals surface area contributed by atoms with Crippen molar-refractivity contribution in [2.24, 2.45) is 0 Å². The molecule has 0 unspecified atom stereocenters. The van der Waals surface area contributed by atoms with Gasteiger partial charge in [-0.25, -0.2) is 9.37 Å². The number of halogens is 2. The molecule has 1 aliphatic heterocycles. The van der Waals surface area contributed by atoms with Gasteiger partial charge in [0.15, 0.2) is 0 Å². The minimum atomic E-state index is -0.984. The van der Waals surface area contributed by atoms with Gasteiger partial charge in [0.25, 0.3) is 0 Å². The summed E-state index contributed by atoms with van der Waals surface area (Å²) in [6.07, 6.45) is 0.400. The zero-order valence-corrected chi connectivity index (χ0v) is 8.41. The summed E-state index contributed by atoms with van der Waals surface area (Å²) >= 11 is 0. The number of alkyl halides is 1. The van der Waals surface area contributed by atoms with Gasteiger partial charge in [0, 0.05) is 13.0 Å². The van der Waals surface area contributed by atoms with E-state index in [9.17, 15) is 13.6 Å². The summed E-state index contributed by atoms with van der Waals surface area (Å²) in [6, 6.07) is 2.03. The van der Waals surface area contributed by atoms with Gasteiger partial charge in [-0.05, 0) is 12.1 Å². The Labute approximate surface area is 91.1 Å². The number of aromatic nitrogens is 1. The van der Waals surface area contributed by atoms with Crippen LogP contribution in [0.2, 0.25) is 0 Å². The molecule has 0 saturated carbocycles. The van der Waals surface area contributed by atoms with Crippen molar-refractivity contribution in [3.8, 4) is 0 Å². The van der Waals surface area contributed by atoms with Gasteiger partial charge in [-0.2, -0.15) is 4.39 Å². The molecule has 0 bridgehead atoms. The van der Waals surface area contributed by atoms with E-state index < -0.39 is 18.2 Å². The van der Waals surface area contributed by atoms with Crippen molar-refractivity contribution >= 4 is 11.6 Å². The molecule has 6 heteroatoms. The van der Waals surface area contributed by atoms with Gasteiger partial charge in [0.1, 0.15) is 6.17 Å². The summed E-state index contributed by atoms with van der Waals surface area (Å²) in [6.45, 7) is 0.194. The fourth-order valence-electron chi connectivity index (χ4n) is 1.57. The van der Waals surface area contributed by atoms with E-state index in [4.69, 9.17) is 0 Å². The van der Waals surface area contributed by atoms with E-state index in [0.29, 0.717) is 5.69 Å². The maximum absolute atomic E-state index is 12.8. The number of pyridine rings is 1. The highest BCUT2D eigenvalue weighted by Crippen LogP contribution is 2.12. The second-order valence-electron chi connectivity index (χ2n) is 3.65. The number of carbonyl (C=O) groups excluding carboxylic acids is 1. The first-order chi connectivity index (χ1) is 7.65. The molecule has 0 aromatic carbocycles. The van der Waals surface area contributed by atoms with Crippen molar-refractivity contribution < 1.29 is 13.6 Å². The SMILES string of the molecule is O=C(Nc1ccc(F)nc1)[C@@H]1C[C@@H](F)CN1. The average molecular weight is 227 g/mol. The van der Waals surface area contributed by atoms with Crippen LogP contribution in [-0.2, 0) is 4.79 Å². The van der Waals surface area contributed by atoms with Crippen LogP contribution in [0.25, 0.3) is 0 Å². The maximum atomic E-state index is 12.8. The molecule has 0 aliphatic carbocycles. The molecule has 1 aliphatic rings. The van der Waals surface area contributed by atoms with Crippen molar-refractivity contribution in [1.82, 2.24) is 10.3 Å². The van der Waals surface area contributed by atoms with E-state index in [-0.39, 0.29) is 18.9 Å². The maximum Gasteiger partial charge on any atom is 0.241 e. The summed E-state index contributed by atoms with van der Waals surface area (Å²) in [5, 5.41) is 5.29. The summed E-state index contributed by atoms with van der Waals surface area (Å²) < 4.78 is 25.3. The molecule has 86 valence electrons. The standard InChI is InChI=1S/C10H11F2N3O/c11-6-3-8(13-4-6)10(16)15-7-1-2-9(12)14-5-7/h1-2,5-6,8,13H,3-4H2,(H,15,16)/t6-,8+/m1/s1. The molecule has 1 amide bonds. The molecule has 1 aromatic rings. The average Bonchev–Trinajstić information content (AvgIpc) is 2.68. The van der Waals surface area contributed by atoms with Gasteiger partial charge in [0.2, 0.25) is 11.9 Å². The lowest BCUT2D eigenvalue weighted by atomic mass is 10.2. The van der Waals surface area contributed by atoms with Crippen molar-refractivity contribution in [1.29, 1.82) is 0 Å². The number of nitrogens with zero attached hydrogens (tertiary/aromatic N) is 1. The largest absolute Gasteiger partial charge is 0.323 e. The Balaban J connectivity index is 1.94. The zero-order chi connectivity index (χ0) is 11.5. The van der Waals surface area contributed by atoms with Crippen LogP contribution < -0.4 is 10.6 Å². The second-order valence-corrected chi connectivity index (χ2v) is 3.65. The molecule has 2 atom stereocenters. The van der Waals surface area contributed by atoms with Crippen molar-refractivity contribution in [2.75, 3.05) is 11.9 Å². The number of hydrogen-bond acceptors (Lipinski definition) is 3. The molecule has 16 heavy (non-hydrogen) atoms. The van der Waals surface area contributed by atoms with Crippen LogP contribution in [0, 0.1) is 5.95 Å². The van der Waals surface area contributed by atoms with E-state index in [1.54, 1.807) is 0 Å². The van der Waals surface area contributed by atoms with Gasteiger partial charge in [-0.3, -0.25) is 4.79 Å². The minimum Gasteiger partial charge on any atom is -0.323 e. The number of nitrogens with one attached hydrogen (secondary N) is 2. The Kier molecular flexibility index (Phi) is 3.09. The molecule has 2 heterocycles. The highest BCUT2D eigenvalue weighted by atomic mass is 19.1. The fraction of sp³-hybridized carbons (Fsp3) is 0.400. The highest BCUT2D eigenvalue weighted by molar-refractivity contribution is 5.94. The molecular formula is C10H11F2N3O. The number of anilines is 1. The van der Waals surface area contributed by atoms with Gasteiger partial charge in [-0.1, -0.05) is 0 Å². The van der Waals surface area contributed by atoms with Gasteiger partial charge in [-0.15, -0.1) is 0 Å². The molecule has 1 fully saturated rings. The van der Waals surface area contributed by atoms with Crippen LogP contribution in [0.15, 0.2) is 18.3 Å². The molecule has 1 saturated heterocycles. The van der Waals surface area contributed by atoms with Crippen LogP contribution in [0.1, 0.15) is 6.42 Å². The predicted molar refractivity (Wildman–Crippen MR) is 54.1 cm³/mol. The first-order valence-corrected chi connectivity index (χ1v) is 4.95. The van der Waals surface area contributed by atoms with E-state index in [1.807, 2.05) is 0 Å². The molecule has 2 N–H and O–H groups in total. The molecular weight excluding hydrogens is 216 g/mol. The Hall–Kier alpha value is -1.56. The Bertz CT molecular complexity index is 382. The van der Waals surface area contributed by atoms with E-state index >= 15 is 0 Å². The van der Waals surface area contributed by atoms with Gasteiger partial charge >= 0.3 is 0 Å². The first kappa shape index (κ1) is 10.9. The van der Waals surface area contributed by atoms with E-state index in [0.717, 1.165) is 6.07 Å². The number of carbonyl (C=O) groups is 1. The third-order valence-electron chi connectivity index (χ3n) is 2.39. The van der Waals surface area contributed by atoms with Crippen LogP contribution in [0.3, 0.4) is 0 Å². The van der Waals surface area contributed by atoms with Crippen molar-refractivity contribution in [2.45, 2.75) is 18.6 Å². The van der Waals surface area contributed by atoms with Crippen LogP contribution in [-0.4, -0.2) is 29.6 Å². The Morgan fingerprint density at radius 2 is 2.38 bits per heavy atom. The van der Waals surface area contributed by atoms with Crippen LogP contribution in [0.4, 0.5) is 14.5 Å². The Morgan fingerprint density at radius 1 is 1.56 bits per heavy atom. The molecule has 4 nitrogen and oxygen atoms in total. The molecule has 0 spiro atoms. The summed E-state index contributed by atoms with van der Waals surface area (Å²) in [5.41, 5.74) is 0.399. The molecule has 0 radical (unpaired) electrons. The van der Waals surface area contributed by atoms with E-state index in [1.165, 1.54) is 12.3 Å². The summed E-state index contributed by atoms with van der Waals surface area (Å²) in [4.78, 5) is 15.0. The molecule has 2 rings (SSSR count). The van der Waals surface area contributed by atoms with Gasteiger partial charge < -0.3 is 10.6 Å². The topological polar surface area (TPSA) is 54.0 Å². The smallest absolute Gasteiger partial charge is 0.241 e. The van der Waals surface area contributed by atoms with Crippen molar-refractivity contribution in [3.63, 3.8) is 0 Å². The molecule has 1 aromatic heterocycles.